The molecule has 4 nitrogen and oxygen atoms in total. The number of rotatable bonds is 1. The molecular formula is C16H13Cl2N3OS. The number of benzene rings is 2. The van der Waals surface area contributed by atoms with Crippen molar-refractivity contribution >= 4 is 58.2 Å². The van der Waals surface area contributed by atoms with Gasteiger partial charge >= 0.3 is 6.03 Å². The quantitative estimate of drug-likeness (QED) is 0.758. The number of carbonyl (C=O) groups is 1. The number of nitrogens with zero attached hydrogens (tertiary/aromatic N) is 2. The molecule has 7 heteroatoms. The van der Waals surface area contributed by atoms with Gasteiger partial charge < -0.3 is 10.2 Å². The first-order chi connectivity index (χ1) is 11.0. The highest BCUT2D eigenvalue weighted by Gasteiger charge is 2.20. The topological polar surface area (TPSA) is 44.7 Å². The van der Waals surface area contributed by atoms with Crippen LogP contribution < -0.4 is 10.2 Å². The molecule has 2 aromatic rings. The van der Waals surface area contributed by atoms with Crippen molar-refractivity contribution in [2.24, 2.45) is 4.99 Å². The molecule has 0 saturated carbocycles. The normalized spacial score (nSPS) is 15.4. The van der Waals surface area contributed by atoms with Crippen LogP contribution in [0, 0.1) is 0 Å². The number of hydrogen-bond acceptors (Lipinski definition) is 2. The molecular weight excluding hydrogens is 353 g/mol. The summed E-state index contributed by atoms with van der Waals surface area (Å²) in [7, 11) is 1.91. The summed E-state index contributed by atoms with van der Waals surface area (Å²) in [6.07, 6.45) is 0. The van der Waals surface area contributed by atoms with Crippen LogP contribution in [0.4, 0.5) is 16.2 Å². The monoisotopic (exact) mass is 365 g/mol. The van der Waals surface area contributed by atoms with Gasteiger partial charge in [-0.15, -0.1) is 11.8 Å². The van der Waals surface area contributed by atoms with Gasteiger partial charge in [0.25, 0.3) is 0 Å². The van der Waals surface area contributed by atoms with Gasteiger partial charge in [-0.25, -0.2) is 4.79 Å². The lowest BCUT2D eigenvalue weighted by Gasteiger charge is -2.28. The first-order valence-corrected chi connectivity index (χ1v) is 8.58. The van der Waals surface area contributed by atoms with Crippen LogP contribution in [0.25, 0.3) is 0 Å². The Morgan fingerprint density at radius 3 is 2.78 bits per heavy atom. The number of fused-ring (bicyclic) bond motifs is 1. The van der Waals surface area contributed by atoms with E-state index in [2.05, 4.69) is 16.4 Å². The minimum Gasteiger partial charge on any atom is -0.331 e. The van der Waals surface area contributed by atoms with Crippen molar-refractivity contribution in [1.82, 2.24) is 0 Å². The Hall–Kier alpha value is -1.69. The maximum absolute atomic E-state index is 12.1. The van der Waals surface area contributed by atoms with Gasteiger partial charge in [-0.2, -0.15) is 4.99 Å². The fourth-order valence-corrected chi connectivity index (χ4v) is 3.55. The van der Waals surface area contributed by atoms with Crippen molar-refractivity contribution in [3.63, 3.8) is 0 Å². The summed E-state index contributed by atoms with van der Waals surface area (Å²) in [4.78, 5) is 19.4. The average Bonchev–Trinajstić information content (AvgIpc) is 2.54. The van der Waals surface area contributed by atoms with Gasteiger partial charge in [0.1, 0.15) is 5.84 Å². The number of amides is 2. The summed E-state index contributed by atoms with van der Waals surface area (Å²) < 4.78 is 0. The lowest BCUT2D eigenvalue weighted by Crippen LogP contribution is -2.33. The van der Waals surface area contributed by atoms with E-state index >= 15 is 0 Å². The van der Waals surface area contributed by atoms with Crippen LogP contribution in [-0.2, 0) is 0 Å². The average molecular weight is 366 g/mol. The smallest absolute Gasteiger partial charge is 0.331 e. The largest absolute Gasteiger partial charge is 0.347 e. The standard InChI is InChI=1S/C16H13Cl2N3OS/c1-21-13-4-2-3-5-14(13)23-9-15(21)20-16(22)19-10-6-7-11(17)12(18)8-10/h2-8H,9H2,1H3,(H,19,22)/b20-15+. The van der Waals surface area contributed by atoms with Gasteiger partial charge in [-0.3, -0.25) is 0 Å². The second-order valence-electron chi connectivity index (χ2n) is 4.90. The molecule has 1 aliphatic heterocycles. The number of nitrogens with one attached hydrogen (secondary N) is 1. The summed E-state index contributed by atoms with van der Waals surface area (Å²) in [5.74, 6) is 1.34. The molecule has 3 rings (SSSR count). The van der Waals surface area contributed by atoms with Gasteiger partial charge in [0.05, 0.1) is 21.5 Å². The molecule has 1 heterocycles. The number of para-hydroxylation sites is 1. The van der Waals surface area contributed by atoms with Crippen LogP contribution in [0.2, 0.25) is 10.0 Å². The Kier molecular flexibility index (Phi) is 4.80. The number of amidine groups is 1. The van der Waals surface area contributed by atoms with Crippen LogP contribution >= 0.6 is 35.0 Å². The fraction of sp³-hybridized carbons (Fsp3) is 0.125. The molecule has 23 heavy (non-hydrogen) atoms. The lowest BCUT2D eigenvalue weighted by atomic mass is 10.3. The molecule has 118 valence electrons. The summed E-state index contributed by atoms with van der Waals surface area (Å²) in [5, 5.41) is 3.52. The van der Waals surface area contributed by atoms with Gasteiger partial charge in [0.2, 0.25) is 0 Å². The van der Waals surface area contributed by atoms with Gasteiger partial charge in [-0.1, -0.05) is 35.3 Å². The summed E-state index contributed by atoms with van der Waals surface area (Å²) in [6, 6.07) is 12.5. The number of anilines is 2. The van der Waals surface area contributed by atoms with Gasteiger partial charge in [0.15, 0.2) is 0 Å². The van der Waals surface area contributed by atoms with E-state index in [1.807, 2.05) is 30.1 Å². The second kappa shape index (κ2) is 6.83. The molecule has 0 bridgehead atoms. The third-order valence-corrected chi connectivity index (χ3v) is 5.17. The van der Waals surface area contributed by atoms with E-state index in [9.17, 15) is 4.79 Å². The molecule has 2 aromatic carbocycles. The summed E-state index contributed by atoms with van der Waals surface area (Å²) in [6.45, 7) is 0. The van der Waals surface area contributed by atoms with Crippen LogP contribution in [-0.4, -0.2) is 24.7 Å². The number of halogens is 2. The van der Waals surface area contributed by atoms with E-state index in [0.717, 1.165) is 5.69 Å². The maximum atomic E-state index is 12.1. The molecule has 1 aliphatic rings. The van der Waals surface area contributed by atoms with E-state index in [1.165, 1.54) is 4.90 Å². The first kappa shape index (κ1) is 16.2. The van der Waals surface area contributed by atoms with E-state index in [1.54, 1.807) is 30.0 Å². The van der Waals surface area contributed by atoms with Crippen LogP contribution in [0.5, 0.6) is 0 Å². The summed E-state index contributed by atoms with van der Waals surface area (Å²) >= 11 is 13.5. The molecule has 0 atom stereocenters. The molecule has 2 amide bonds. The molecule has 0 radical (unpaired) electrons. The summed E-state index contributed by atoms with van der Waals surface area (Å²) in [5.41, 5.74) is 1.60. The SMILES string of the molecule is CN1/C(=N/C(=O)Nc2ccc(Cl)c(Cl)c2)CSc2ccccc21. The van der Waals surface area contributed by atoms with E-state index < -0.39 is 6.03 Å². The van der Waals surface area contributed by atoms with Crippen molar-refractivity contribution < 1.29 is 4.79 Å². The van der Waals surface area contributed by atoms with Crippen molar-refractivity contribution in [1.29, 1.82) is 0 Å². The Balaban J connectivity index is 1.76. The van der Waals surface area contributed by atoms with Crippen molar-refractivity contribution in [3.8, 4) is 0 Å². The van der Waals surface area contributed by atoms with Gasteiger partial charge in [0, 0.05) is 17.6 Å². The zero-order chi connectivity index (χ0) is 16.4. The number of aliphatic imine (C=N–C) groups is 1. The van der Waals surface area contributed by atoms with E-state index in [4.69, 9.17) is 23.2 Å². The third-order valence-electron chi connectivity index (χ3n) is 3.37. The Labute approximate surface area is 148 Å². The minimum atomic E-state index is -0.440. The highest BCUT2D eigenvalue weighted by Crippen LogP contribution is 2.34. The fourth-order valence-electron chi connectivity index (χ4n) is 2.18. The Morgan fingerprint density at radius 2 is 2.00 bits per heavy atom. The van der Waals surface area contributed by atoms with Gasteiger partial charge in [-0.05, 0) is 30.3 Å². The van der Waals surface area contributed by atoms with Crippen LogP contribution in [0.3, 0.4) is 0 Å². The lowest BCUT2D eigenvalue weighted by molar-refractivity contribution is 0.259. The first-order valence-electron chi connectivity index (χ1n) is 6.84. The molecule has 0 aromatic heterocycles. The number of carbonyl (C=O) groups excluding carboxylic acids is 1. The molecule has 0 saturated heterocycles. The predicted octanol–water partition coefficient (Wildman–Crippen LogP) is 5.17. The third kappa shape index (κ3) is 3.63. The zero-order valence-electron chi connectivity index (χ0n) is 12.2. The van der Waals surface area contributed by atoms with E-state index in [-0.39, 0.29) is 0 Å². The number of urea groups is 1. The molecule has 0 aliphatic carbocycles. The highest BCUT2D eigenvalue weighted by atomic mass is 35.5. The van der Waals surface area contributed by atoms with Crippen LogP contribution in [0.15, 0.2) is 52.4 Å². The predicted molar refractivity (Wildman–Crippen MR) is 98.5 cm³/mol. The van der Waals surface area contributed by atoms with Crippen molar-refractivity contribution in [3.05, 3.63) is 52.5 Å². The van der Waals surface area contributed by atoms with Crippen LogP contribution in [0.1, 0.15) is 0 Å². The van der Waals surface area contributed by atoms with E-state index in [0.29, 0.717) is 27.3 Å². The Morgan fingerprint density at radius 1 is 1.22 bits per heavy atom. The number of hydrogen-bond donors (Lipinski definition) is 1. The maximum Gasteiger partial charge on any atom is 0.347 e. The molecule has 0 unspecified atom stereocenters. The van der Waals surface area contributed by atoms with Crippen molar-refractivity contribution in [2.45, 2.75) is 4.90 Å². The number of thioether (sulfide) groups is 1. The van der Waals surface area contributed by atoms with Crippen molar-refractivity contribution in [2.75, 3.05) is 23.0 Å². The Bertz CT molecular complexity index is 795. The second-order valence-corrected chi connectivity index (χ2v) is 6.73. The molecule has 1 N–H and O–H groups in total. The molecule has 0 fully saturated rings. The molecule has 0 spiro atoms. The zero-order valence-corrected chi connectivity index (χ0v) is 14.5. The highest BCUT2D eigenvalue weighted by molar-refractivity contribution is 8.00. The minimum absolute atomic E-state index is 0.386.